The number of ether oxygens (including phenoxy) is 3. The van der Waals surface area contributed by atoms with E-state index in [2.05, 4.69) is 15.6 Å². The van der Waals surface area contributed by atoms with Gasteiger partial charge in [0.15, 0.2) is 16.6 Å². The van der Waals surface area contributed by atoms with Gasteiger partial charge in [-0.3, -0.25) is 9.59 Å². The zero-order chi connectivity index (χ0) is 23.4. The molecular weight excluding hydrogens is 466 g/mol. The van der Waals surface area contributed by atoms with Crippen molar-refractivity contribution in [1.82, 2.24) is 4.98 Å². The number of hydrogen-bond acceptors (Lipinski definition) is 9. The second kappa shape index (κ2) is 10.0. The van der Waals surface area contributed by atoms with E-state index in [9.17, 15) is 14.4 Å². The lowest BCUT2D eigenvalue weighted by Crippen LogP contribution is -2.18. The van der Waals surface area contributed by atoms with Crippen LogP contribution in [-0.2, 0) is 20.7 Å². The van der Waals surface area contributed by atoms with Crippen LogP contribution in [0.25, 0.3) is 0 Å². The van der Waals surface area contributed by atoms with Gasteiger partial charge < -0.3 is 24.8 Å². The number of thiazole rings is 1. The zero-order valence-corrected chi connectivity index (χ0v) is 19.6. The molecular formula is C22H21N3O6S2. The van der Waals surface area contributed by atoms with Gasteiger partial charge in [0.2, 0.25) is 18.6 Å². The van der Waals surface area contributed by atoms with Crippen LogP contribution >= 0.6 is 22.7 Å². The third-order valence-electron chi connectivity index (χ3n) is 4.93. The first kappa shape index (κ1) is 22.7. The first-order chi connectivity index (χ1) is 15.9. The largest absolute Gasteiger partial charge is 0.465 e. The van der Waals surface area contributed by atoms with Gasteiger partial charge in [-0.05, 0) is 36.6 Å². The summed E-state index contributed by atoms with van der Waals surface area (Å²) in [6.45, 7) is 2.07. The highest BCUT2D eigenvalue weighted by atomic mass is 32.1. The maximum absolute atomic E-state index is 12.6. The number of esters is 1. The highest BCUT2D eigenvalue weighted by Crippen LogP contribution is 2.37. The fraction of sp³-hybridized carbons (Fsp3) is 0.273. The van der Waals surface area contributed by atoms with Crippen LogP contribution in [0.1, 0.15) is 39.2 Å². The molecule has 0 saturated carbocycles. The Bertz CT molecular complexity index is 1190. The van der Waals surface area contributed by atoms with E-state index in [4.69, 9.17) is 14.2 Å². The summed E-state index contributed by atoms with van der Waals surface area (Å²) in [7, 11) is 1.30. The van der Waals surface area contributed by atoms with Gasteiger partial charge in [-0.2, -0.15) is 0 Å². The molecule has 0 unspecified atom stereocenters. The molecule has 11 heteroatoms. The number of hydrogen-bond donors (Lipinski definition) is 2. The molecule has 1 aromatic carbocycles. The maximum Gasteiger partial charge on any atom is 0.341 e. The van der Waals surface area contributed by atoms with Crippen LogP contribution in [0.15, 0.2) is 29.8 Å². The predicted octanol–water partition coefficient (Wildman–Crippen LogP) is 3.98. The summed E-state index contributed by atoms with van der Waals surface area (Å²) in [6, 6.07) is 5.61. The van der Waals surface area contributed by atoms with Crippen LogP contribution in [0.3, 0.4) is 0 Å². The number of methoxy groups -OCH3 is 1. The fourth-order valence-electron chi connectivity index (χ4n) is 3.34. The van der Waals surface area contributed by atoms with Crippen LogP contribution in [0.5, 0.6) is 11.5 Å². The van der Waals surface area contributed by atoms with Gasteiger partial charge >= 0.3 is 5.97 Å². The van der Waals surface area contributed by atoms with E-state index in [1.165, 1.54) is 29.8 Å². The molecule has 0 fully saturated rings. The van der Waals surface area contributed by atoms with Crippen molar-refractivity contribution in [3.63, 3.8) is 0 Å². The van der Waals surface area contributed by atoms with Crippen LogP contribution in [0, 0.1) is 6.92 Å². The van der Waals surface area contributed by atoms with Gasteiger partial charge in [0.1, 0.15) is 5.00 Å². The van der Waals surface area contributed by atoms with E-state index in [1.54, 1.807) is 11.6 Å². The second-order valence-electron chi connectivity index (χ2n) is 7.13. The van der Waals surface area contributed by atoms with Gasteiger partial charge in [0.05, 0.1) is 12.7 Å². The Morgan fingerprint density at radius 1 is 1.12 bits per heavy atom. The average molecular weight is 488 g/mol. The zero-order valence-electron chi connectivity index (χ0n) is 17.9. The number of rotatable bonds is 8. The van der Waals surface area contributed by atoms with Gasteiger partial charge in [-0.25, -0.2) is 9.78 Å². The molecule has 0 spiro atoms. The lowest BCUT2D eigenvalue weighted by atomic mass is 10.0. The number of carbonyl (C=O) groups excluding carboxylic acids is 3. The molecule has 3 heterocycles. The van der Waals surface area contributed by atoms with Crippen molar-refractivity contribution >= 4 is 50.6 Å². The topological polar surface area (TPSA) is 116 Å². The second-order valence-corrected chi connectivity index (χ2v) is 9.25. The Morgan fingerprint density at radius 3 is 2.61 bits per heavy atom. The van der Waals surface area contributed by atoms with E-state index in [-0.39, 0.29) is 31.4 Å². The van der Waals surface area contributed by atoms with Crippen LogP contribution < -0.4 is 20.1 Å². The molecule has 4 rings (SSSR count). The van der Waals surface area contributed by atoms with Gasteiger partial charge in [-0.1, -0.05) is 6.07 Å². The molecule has 2 amide bonds. The molecule has 0 radical (unpaired) electrons. The minimum absolute atomic E-state index is 0.00657. The van der Waals surface area contributed by atoms with Crippen molar-refractivity contribution in [1.29, 1.82) is 0 Å². The number of nitrogens with one attached hydrogen (secondary N) is 2. The molecule has 1 aliphatic heterocycles. The average Bonchev–Trinajstić information content (AvgIpc) is 3.53. The predicted molar refractivity (Wildman–Crippen MR) is 124 cm³/mol. The summed E-state index contributed by atoms with van der Waals surface area (Å²) in [5, 5.41) is 8.04. The number of aryl methyl sites for hydroxylation is 1. The number of amides is 2. The molecule has 2 N–H and O–H groups in total. The summed E-state index contributed by atoms with van der Waals surface area (Å²) >= 11 is 2.60. The molecule has 1 aliphatic rings. The number of benzene rings is 1. The van der Waals surface area contributed by atoms with E-state index >= 15 is 0 Å². The summed E-state index contributed by atoms with van der Waals surface area (Å²) in [6.07, 6.45) is 2.00. The summed E-state index contributed by atoms with van der Waals surface area (Å²) in [5.74, 6) is 0.127. The third kappa shape index (κ3) is 5.32. The number of carbonyl (C=O) groups is 3. The van der Waals surface area contributed by atoms with Crippen molar-refractivity contribution in [2.75, 3.05) is 24.5 Å². The first-order valence-corrected chi connectivity index (χ1v) is 11.7. The molecule has 0 aliphatic carbocycles. The highest BCUT2D eigenvalue weighted by Gasteiger charge is 2.25. The lowest BCUT2D eigenvalue weighted by Gasteiger charge is -2.09. The highest BCUT2D eigenvalue weighted by molar-refractivity contribution is 7.16. The first-order valence-electron chi connectivity index (χ1n) is 10.0. The van der Waals surface area contributed by atoms with Gasteiger partial charge in [0.25, 0.3) is 0 Å². The van der Waals surface area contributed by atoms with Crippen molar-refractivity contribution < 1.29 is 28.6 Å². The van der Waals surface area contributed by atoms with Crippen molar-refractivity contribution in [2.24, 2.45) is 0 Å². The van der Waals surface area contributed by atoms with Gasteiger partial charge in [-0.15, -0.1) is 22.7 Å². The Hall–Kier alpha value is -3.44. The van der Waals surface area contributed by atoms with E-state index in [0.717, 1.165) is 16.0 Å². The Balaban J connectivity index is 1.47. The van der Waals surface area contributed by atoms with Crippen LogP contribution in [0.2, 0.25) is 0 Å². The molecule has 2 aromatic heterocycles. The molecule has 0 saturated heterocycles. The maximum atomic E-state index is 12.6. The smallest absolute Gasteiger partial charge is 0.341 e. The van der Waals surface area contributed by atoms with Crippen LogP contribution in [0.4, 0.5) is 10.1 Å². The fourth-order valence-corrected chi connectivity index (χ4v) is 4.96. The molecule has 0 atom stereocenters. The number of fused-ring (bicyclic) bond motifs is 1. The Morgan fingerprint density at radius 2 is 1.88 bits per heavy atom. The lowest BCUT2D eigenvalue weighted by molar-refractivity contribution is -0.121. The number of nitrogens with zero attached hydrogens (tertiary/aromatic N) is 1. The Labute approximate surface area is 197 Å². The quantitative estimate of drug-likeness (QED) is 0.462. The molecule has 9 nitrogen and oxygen atoms in total. The summed E-state index contributed by atoms with van der Waals surface area (Å²) in [4.78, 5) is 42.0. The minimum Gasteiger partial charge on any atom is -0.465 e. The van der Waals surface area contributed by atoms with E-state index < -0.39 is 5.97 Å². The van der Waals surface area contributed by atoms with Crippen molar-refractivity contribution in [3.8, 4) is 11.5 Å². The molecule has 33 heavy (non-hydrogen) atoms. The monoisotopic (exact) mass is 487 g/mol. The standard InChI is InChI=1S/C22H21N3O6S2/c1-12-14(9-13-3-4-15-16(10-13)31-11-30-15)19(21(28)29-2)20(33-12)24-17(26)5-6-18(27)25-22-23-7-8-32-22/h3-4,7-8,10H,5-6,9,11H2,1-2H3,(H,24,26)(H,23,25,27). The third-order valence-corrected chi connectivity index (χ3v) is 6.68. The van der Waals surface area contributed by atoms with E-state index in [1.807, 2.05) is 25.1 Å². The van der Waals surface area contributed by atoms with Gasteiger partial charge in [0, 0.05) is 29.3 Å². The summed E-state index contributed by atoms with van der Waals surface area (Å²) < 4.78 is 15.8. The normalized spacial score (nSPS) is 11.8. The Kier molecular flexibility index (Phi) is 6.90. The molecule has 3 aromatic rings. The van der Waals surface area contributed by atoms with E-state index in [0.29, 0.717) is 33.6 Å². The van der Waals surface area contributed by atoms with Crippen molar-refractivity contribution in [3.05, 3.63) is 51.3 Å². The summed E-state index contributed by atoms with van der Waals surface area (Å²) in [5.41, 5.74) is 2.02. The van der Waals surface area contributed by atoms with Crippen LogP contribution in [-0.4, -0.2) is 36.7 Å². The van der Waals surface area contributed by atoms with Crippen molar-refractivity contribution in [2.45, 2.75) is 26.2 Å². The number of anilines is 2. The molecule has 172 valence electrons. The minimum atomic E-state index is -0.535. The SMILES string of the molecule is COC(=O)c1c(NC(=O)CCC(=O)Nc2nccs2)sc(C)c1Cc1ccc2c(c1)OCO2. The number of aromatic nitrogens is 1. The molecule has 0 bridgehead atoms. The number of thiophene rings is 1.